The van der Waals surface area contributed by atoms with Crippen molar-refractivity contribution in [3.05, 3.63) is 66.0 Å². The first-order chi connectivity index (χ1) is 13.1. The first-order valence-corrected chi connectivity index (χ1v) is 8.79. The molecule has 3 amide bonds. The largest absolute Gasteiger partial charge is 0.488 e. The van der Waals surface area contributed by atoms with Crippen LogP contribution in [0, 0.1) is 5.82 Å². The Morgan fingerprint density at radius 2 is 1.85 bits per heavy atom. The molecule has 0 aromatic heterocycles. The van der Waals surface area contributed by atoms with Crippen LogP contribution in [0.3, 0.4) is 0 Å². The van der Waals surface area contributed by atoms with Crippen LogP contribution in [0.5, 0.6) is 5.75 Å². The summed E-state index contributed by atoms with van der Waals surface area (Å²) < 4.78 is 18.9. The smallest absolute Gasteiger partial charge is 0.318 e. The molecule has 0 aliphatic carbocycles. The highest BCUT2D eigenvalue weighted by Crippen LogP contribution is 2.23. The van der Waals surface area contributed by atoms with Crippen LogP contribution in [-0.2, 0) is 11.3 Å². The van der Waals surface area contributed by atoms with Gasteiger partial charge in [0.15, 0.2) is 0 Å². The maximum Gasteiger partial charge on any atom is 0.318 e. The Morgan fingerprint density at radius 1 is 1.15 bits per heavy atom. The highest BCUT2D eigenvalue weighted by Gasteiger charge is 2.40. The van der Waals surface area contributed by atoms with Gasteiger partial charge in [-0.1, -0.05) is 30.3 Å². The number of nitrogens with zero attached hydrogens (tertiary/aromatic N) is 1. The van der Waals surface area contributed by atoms with Crippen molar-refractivity contribution in [1.29, 1.82) is 0 Å². The molecule has 0 unspecified atom stereocenters. The summed E-state index contributed by atoms with van der Waals surface area (Å²) in [4.78, 5) is 26.3. The maximum absolute atomic E-state index is 13.0. The molecule has 1 fully saturated rings. The number of para-hydroxylation sites is 1. The molecule has 2 aromatic carbocycles. The molecule has 27 heavy (non-hydrogen) atoms. The Morgan fingerprint density at radius 3 is 2.52 bits per heavy atom. The van der Waals surface area contributed by atoms with E-state index in [4.69, 9.17) is 4.74 Å². The van der Waals surface area contributed by atoms with E-state index in [1.54, 1.807) is 19.2 Å². The first-order valence-electron chi connectivity index (χ1n) is 8.79. The monoisotopic (exact) mass is 371 g/mol. The van der Waals surface area contributed by atoms with Crippen LogP contribution < -0.4 is 15.4 Å². The second kappa shape index (κ2) is 8.53. The first kappa shape index (κ1) is 18.7. The minimum absolute atomic E-state index is 0.230. The lowest BCUT2D eigenvalue weighted by Gasteiger charge is -2.23. The molecular weight excluding hydrogens is 349 g/mol. The number of ether oxygens (including phenoxy) is 1. The zero-order chi connectivity index (χ0) is 19.2. The topological polar surface area (TPSA) is 70.7 Å². The van der Waals surface area contributed by atoms with Crippen LogP contribution in [0.1, 0.15) is 12.0 Å². The van der Waals surface area contributed by atoms with Gasteiger partial charge in [-0.2, -0.15) is 0 Å². The average molecular weight is 371 g/mol. The molecule has 2 aromatic rings. The van der Waals surface area contributed by atoms with Gasteiger partial charge in [0.1, 0.15) is 23.7 Å². The molecule has 1 aliphatic heterocycles. The number of hydrogen-bond acceptors (Lipinski definition) is 3. The molecule has 3 rings (SSSR count). The minimum atomic E-state index is -0.600. The molecule has 1 aliphatic rings. The van der Waals surface area contributed by atoms with Gasteiger partial charge in [-0.15, -0.1) is 0 Å². The number of likely N-dealkylation sites (N-methyl/N-ethyl adjacent to an activating group) is 1. The van der Waals surface area contributed by atoms with Crippen molar-refractivity contribution in [3.63, 3.8) is 0 Å². The lowest BCUT2D eigenvalue weighted by Crippen LogP contribution is -2.48. The third-order valence-electron chi connectivity index (χ3n) is 4.48. The highest BCUT2D eigenvalue weighted by atomic mass is 19.1. The molecule has 0 spiro atoms. The van der Waals surface area contributed by atoms with Gasteiger partial charge in [-0.05, 0) is 29.8 Å². The van der Waals surface area contributed by atoms with E-state index in [1.807, 2.05) is 30.3 Å². The molecule has 0 bridgehead atoms. The summed E-state index contributed by atoms with van der Waals surface area (Å²) in [6, 6.07) is 14.3. The fourth-order valence-electron chi connectivity index (χ4n) is 3.10. The van der Waals surface area contributed by atoms with Crippen LogP contribution in [0.4, 0.5) is 9.18 Å². The second-order valence-corrected chi connectivity index (χ2v) is 6.36. The minimum Gasteiger partial charge on any atom is -0.488 e. The van der Waals surface area contributed by atoms with E-state index in [9.17, 15) is 14.0 Å². The normalized spacial score (nSPS) is 18.8. The Bertz CT molecular complexity index is 783. The Labute approximate surface area is 157 Å². The summed E-state index contributed by atoms with van der Waals surface area (Å²) >= 11 is 0. The zero-order valence-electron chi connectivity index (χ0n) is 15.0. The number of likely N-dealkylation sites (tertiary alicyclic amines) is 1. The SMILES string of the molecule is CNC(=O)[C@H]1C[C@H](Oc2ccccc2)CN1C(=O)NCc1ccc(F)cc1. The number of halogens is 1. The van der Waals surface area contributed by atoms with E-state index in [1.165, 1.54) is 17.0 Å². The summed E-state index contributed by atoms with van der Waals surface area (Å²) in [6.07, 6.45) is 0.143. The molecule has 7 heteroatoms. The average Bonchev–Trinajstić information content (AvgIpc) is 3.11. The maximum atomic E-state index is 13.0. The molecule has 142 valence electrons. The Balaban J connectivity index is 1.64. The van der Waals surface area contributed by atoms with Crippen LogP contribution in [0.25, 0.3) is 0 Å². The van der Waals surface area contributed by atoms with Gasteiger partial charge in [0, 0.05) is 20.0 Å². The van der Waals surface area contributed by atoms with Gasteiger partial charge in [-0.25, -0.2) is 9.18 Å². The van der Waals surface area contributed by atoms with Crippen LogP contribution >= 0.6 is 0 Å². The summed E-state index contributed by atoms with van der Waals surface area (Å²) in [5.74, 6) is 0.142. The number of amides is 3. The van der Waals surface area contributed by atoms with E-state index in [0.717, 1.165) is 5.56 Å². The Kier molecular flexibility index (Phi) is 5.90. The molecule has 6 nitrogen and oxygen atoms in total. The van der Waals surface area contributed by atoms with Gasteiger partial charge in [0.05, 0.1) is 6.54 Å². The summed E-state index contributed by atoms with van der Waals surface area (Å²) in [6.45, 7) is 0.558. The van der Waals surface area contributed by atoms with Crippen molar-refractivity contribution < 1.29 is 18.7 Å². The van der Waals surface area contributed by atoms with E-state index < -0.39 is 6.04 Å². The van der Waals surface area contributed by atoms with Crippen LogP contribution in [-0.4, -0.2) is 42.6 Å². The van der Waals surface area contributed by atoms with Crippen molar-refractivity contribution in [2.24, 2.45) is 0 Å². The number of carbonyl (C=O) groups is 2. The second-order valence-electron chi connectivity index (χ2n) is 6.36. The molecule has 1 saturated heterocycles. The van der Waals surface area contributed by atoms with Gasteiger partial charge in [-0.3, -0.25) is 4.79 Å². The summed E-state index contributed by atoms with van der Waals surface area (Å²) in [5.41, 5.74) is 0.775. The number of urea groups is 1. The molecule has 0 saturated carbocycles. The number of rotatable bonds is 5. The van der Waals surface area contributed by atoms with Gasteiger partial charge < -0.3 is 20.3 Å². The Hall–Kier alpha value is -3.09. The number of benzene rings is 2. The third kappa shape index (κ3) is 4.75. The zero-order valence-corrected chi connectivity index (χ0v) is 15.0. The predicted molar refractivity (Wildman–Crippen MR) is 98.7 cm³/mol. The van der Waals surface area contributed by atoms with Crippen molar-refractivity contribution in [3.8, 4) is 5.75 Å². The number of carbonyl (C=O) groups excluding carboxylic acids is 2. The number of nitrogens with one attached hydrogen (secondary N) is 2. The van der Waals surface area contributed by atoms with Gasteiger partial charge >= 0.3 is 6.03 Å². The standard InChI is InChI=1S/C20H22FN3O3/c1-22-19(25)18-11-17(27-16-5-3-2-4-6-16)13-24(18)20(26)23-12-14-7-9-15(21)10-8-14/h2-10,17-18H,11-13H2,1H3,(H,22,25)(H,23,26)/t17-,18+/m0/s1. The fraction of sp³-hybridized carbons (Fsp3) is 0.300. The van der Waals surface area contributed by atoms with Crippen LogP contribution in [0.2, 0.25) is 0 Å². The fourth-order valence-corrected chi connectivity index (χ4v) is 3.10. The van der Waals surface area contributed by atoms with Gasteiger partial charge in [0.2, 0.25) is 5.91 Å². The van der Waals surface area contributed by atoms with E-state index >= 15 is 0 Å². The molecule has 2 N–H and O–H groups in total. The van der Waals surface area contributed by atoms with E-state index in [-0.39, 0.29) is 30.4 Å². The summed E-state index contributed by atoms with van der Waals surface area (Å²) in [7, 11) is 1.54. The molecular formula is C20H22FN3O3. The van der Waals surface area contributed by atoms with Crippen LogP contribution in [0.15, 0.2) is 54.6 Å². The highest BCUT2D eigenvalue weighted by molar-refractivity contribution is 5.87. The molecule has 1 heterocycles. The van der Waals surface area contributed by atoms with Crippen molar-refractivity contribution in [1.82, 2.24) is 15.5 Å². The lowest BCUT2D eigenvalue weighted by molar-refractivity contribution is -0.124. The van der Waals surface area contributed by atoms with Crippen molar-refractivity contribution >= 4 is 11.9 Å². The molecule has 2 atom stereocenters. The predicted octanol–water partition coefficient (Wildman–Crippen LogP) is 2.30. The third-order valence-corrected chi connectivity index (χ3v) is 4.48. The lowest BCUT2D eigenvalue weighted by atomic mass is 10.2. The van der Waals surface area contributed by atoms with Gasteiger partial charge in [0.25, 0.3) is 0 Å². The van der Waals surface area contributed by atoms with Crippen molar-refractivity contribution in [2.75, 3.05) is 13.6 Å². The van der Waals surface area contributed by atoms with Crippen molar-refractivity contribution in [2.45, 2.75) is 25.1 Å². The number of hydrogen-bond donors (Lipinski definition) is 2. The quantitative estimate of drug-likeness (QED) is 0.847. The summed E-state index contributed by atoms with van der Waals surface area (Å²) in [5, 5.41) is 5.38. The molecule has 0 radical (unpaired) electrons. The van der Waals surface area contributed by atoms with E-state index in [2.05, 4.69) is 10.6 Å². The van der Waals surface area contributed by atoms with E-state index in [0.29, 0.717) is 18.7 Å².